The molecule has 0 fully saturated rings. The molecule has 15 heavy (non-hydrogen) atoms. The fourth-order valence-electron chi connectivity index (χ4n) is 1.43. The summed E-state index contributed by atoms with van der Waals surface area (Å²) in [6.07, 6.45) is 0.665. The molecule has 1 aromatic rings. The minimum Gasteiger partial charge on any atom is -0.478 e. The van der Waals surface area contributed by atoms with Gasteiger partial charge in [0.1, 0.15) is 0 Å². The lowest BCUT2D eigenvalue weighted by molar-refractivity contribution is 0.0696. The summed E-state index contributed by atoms with van der Waals surface area (Å²) in [4.78, 5) is 10.8. The van der Waals surface area contributed by atoms with E-state index in [2.05, 4.69) is 0 Å². The summed E-state index contributed by atoms with van der Waals surface area (Å²) in [7, 11) is 0. The van der Waals surface area contributed by atoms with Gasteiger partial charge in [0, 0.05) is 5.88 Å². The van der Waals surface area contributed by atoms with Crippen molar-refractivity contribution in [2.75, 3.05) is 0 Å². The van der Waals surface area contributed by atoms with E-state index in [0.717, 1.165) is 11.1 Å². The molecule has 1 aromatic carbocycles. The van der Waals surface area contributed by atoms with E-state index in [4.69, 9.17) is 22.0 Å². The minimum absolute atomic E-state index is 0.136. The number of hydrogen-bond donors (Lipinski definition) is 1. The van der Waals surface area contributed by atoms with Gasteiger partial charge in [-0.05, 0) is 29.7 Å². The predicted octanol–water partition coefficient (Wildman–Crippen LogP) is 2.56. The Morgan fingerprint density at radius 1 is 1.60 bits per heavy atom. The summed E-state index contributed by atoms with van der Waals surface area (Å²) in [5.41, 5.74) is 2.03. The van der Waals surface area contributed by atoms with Crippen LogP contribution < -0.4 is 0 Å². The van der Waals surface area contributed by atoms with Crippen LogP contribution >= 0.6 is 11.6 Å². The maximum atomic E-state index is 10.8. The number of carboxylic acid groups (broad SMARTS) is 1. The maximum absolute atomic E-state index is 10.8. The first-order valence-corrected chi connectivity index (χ1v) is 5.02. The summed E-state index contributed by atoms with van der Waals surface area (Å²) in [6.45, 7) is 1.90. The largest absolute Gasteiger partial charge is 0.478 e. The lowest BCUT2D eigenvalue weighted by Gasteiger charge is -2.08. The fraction of sp³-hybridized carbons (Fsp3) is 0.273. The first kappa shape index (κ1) is 11.5. The molecule has 0 amide bonds. The molecule has 0 bridgehead atoms. The number of aryl methyl sites for hydroxylation is 1. The van der Waals surface area contributed by atoms with Crippen LogP contribution in [0.15, 0.2) is 12.1 Å². The van der Waals surface area contributed by atoms with Crippen LogP contribution in [0.25, 0.3) is 0 Å². The molecular weight excluding hydrogens is 214 g/mol. The highest BCUT2D eigenvalue weighted by molar-refractivity contribution is 6.17. The van der Waals surface area contributed by atoms with Crippen LogP contribution in [0.5, 0.6) is 0 Å². The molecule has 4 heteroatoms. The highest BCUT2D eigenvalue weighted by atomic mass is 35.5. The van der Waals surface area contributed by atoms with Gasteiger partial charge in [-0.15, -0.1) is 11.6 Å². The van der Waals surface area contributed by atoms with Crippen molar-refractivity contribution in [3.8, 4) is 6.07 Å². The average molecular weight is 224 g/mol. The molecule has 0 aliphatic rings. The zero-order chi connectivity index (χ0) is 11.4. The number of hydrogen-bond acceptors (Lipinski definition) is 2. The van der Waals surface area contributed by atoms with Gasteiger partial charge in [-0.3, -0.25) is 0 Å². The van der Waals surface area contributed by atoms with E-state index in [1.165, 1.54) is 6.07 Å². The molecule has 1 rings (SSSR count). The third-order valence-corrected chi connectivity index (χ3v) is 2.49. The van der Waals surface area contributed by atoms with E-state index in [-0.39, 0.29) is 11.4 Å². The topological polar surface area (TPSA) is 61.1 Å². The Balaban J connectivity index is 3.44. The van der Waals surface area contributed by atoms with Gasteiger partial charge < -0.3 is 5.11 Å². The summed E-state index contributed by atoms with van der Waals surface area (Å²) in [6, 6.07) is 4.90. The van der Waals surface area contributed by atoms with Crippen molar-refractivity contribution in [3.05, 3.63) is 34.4 Å². The summed E-state index contributed by atoms with van der Waals surface area (Å²) in [5, 5.41) is 17.7. The quantitative estimate of drug-likeness (QED) is 0.801. The van der Waals surface area contributed by atoms with Crippen LogP contribution in [0.2, 0.25) is 0 Å². The van der Waals surface area contributed by atoms with E-state index in [1.807, 2.05) is 13.0 Å². The molecule has 0 aliphatic carbocycles. The Morgan fingerprint density at radius 3 is 2.67 bits per heavy atom. The molecule has 0 saturated heterocycles. The first-order valence-electron chi connectivity index (χ1n) is 4.49. The van der Waals surface area contributed by atoms with Gasteiger partial charge in [0.05, 0.1) is 17.2 Å². The molecule has 0 unspecified atom stereocenters. The predicted molar refractivity (Wildman–Crippen MR) is 57.1 cm³/mol. The number of carboxylic acids is 1. The second-order valence-corrected chi connectivity index (χ2v) is 3.33. The zero-order valence-electron chi connectivity index (χ0n) is 8.25. The second kappa shape index (κ2) is 4.81. The van der Waals surface area contributed by atoms with Crippen molar-refractivity contribution in [1.29, 1.82) is 5.26 Å². The van der Waals surface area contributed by atoms with Gasteiger partial charge >= 0.3 is 5.97 Å². The van der Waals surface area contributed by atoms with Crippen molar-refractivity contribution in [2.45, 2.75) is 19.2 Å². The van der Waals surface area contributed by atoms with E-state index in [9.17, 15) is 4.79 Å². The Hall–Kier alpha value is -1.53. The molecule has 0 heterocycles. The van der Waals surface area contributed by atoms with Crippen LogP contribution in [-0.4, -0.2) is 11.1 Å². The number of alkyl halides is 1. The maximum Gasteiger partial charge on any atom is 0.335 e. The highest BCUT2D eigenvalue weighted by Gasteiger charge is 2.12. The van der Waals surface area contributed by atoms with Crippen molar-refractivity contribution >= 4 is 17.6 Å². The molecule has 0 aliphatic heterocycles. The van der Waals surface area contributed by atoms with Crippen molar-refractivity contribution in [1.82, 2.24) is 0 Å². The van der Waals surface area contributed by atoms with Crippen LogP contribution in [0.1, 0.15) is 34.0 Å². The molecule has 0 aromatic heterocycles. The Bertz CT molecular complexity index is 435. The molecule has 0 atom stereocenters. The van der Waals surface area contributed by atoms with Crippen molar-refractivity contribution in [2.24, 2.45) is 0 Å². The highest BCUT2D eigenvalue weighted by Crippen LogP contribution is 2.20. The summed E-state index contributed by atoms with van der Waals surface area (Å²) < 4.78 is 0. The summed E-state index contributed by atoms with van der Waals surface area (Å²) >= 11 is 5.73. The molecule has 0 spiro atoms. The SMILES string of the molecule is CCc1cc(C(=O)O)cc(C#N)c1CCl. The standard InChI is InChI=1S/C11H10ClNO2/c1-2-7-3-8(11(14)15)4-9(6-13)10(7)5-12/h3-4H,2,5H2,1H3,(H,14,15). The van der Waals surface area contributed by atoms with Gasteiger partial charge in [0.15, 0.2) is 0 Å². The second-order valence-electron chi connectivity index (χ2n) is 3.07. The van der Waals surface area contributed by atoms with Crippen molar-refractivity contribution in [3.63, 3.8) is 0 Å². The number of aromatic carboxylic acids is 1. The van der Waals surface area contributed by atoms with Crippen molar-refractivity contribution < 1.29 is 9.90 Å². The molecule has 78 valence electrons. The number of nitrogens with zero attached hydrogens (tertiary/aromatic N) is 1. The molecule has 0 saturated carbocycles. The molecular formula is C11H10ClNO2. The monoisotopic (exact) mass is 223 g/mol. The van der Waals surface area contributed by atoms with E-state index in [1.54, 1.807) is 6.07 Å². The number of rotatable bonds is 3. The number of benzene rings is 1. The third kappa shape index (κ3) is 2.28. The Labute approximate surface area is 92.9 Å². The molecule has 0 radical (unpaired) electrons. The Morgan fingerprint density at radius 2 is 2.27 bits per heavy atom. The van der Waals surface area contributed by atoms with Gasteiger partial charge in [0.2, 0.25) is 0 Å². The Kier molecular flexibility index (Phi) is 3.70. The van der Waals surface area contributed by atoms with E-state index < -0.39 is 5.97 Å². The van der Waals surface area contributed by atoms with Gasteiger partial charge in [-0.2, -0.15) is 5.26 Å². The normalized spacial score (nSPS) is 9.67. The van der Waals surface area contributed by atoms with Crippen LogP contribution in [0.3, 0.4) is 0 Å². The molecule has 1 N–H and O–H groups in total. The average Bonchev–Trinajstić information content (AvgIpc) is 2.26. The zero-order valence-corrected chi connectivity index (χ0v) is 9.01. The van der Waals surface area contributed by atoms with Gasteiger partial charge in [-0.1, -0.05) is 6.92 Å². The lowest BCUT2D eigenvalue weighted by Crippen LogP contribution is -2.02. The third-order valence-electron chi connectivity index (χ3n) is 2.22. The van der Waals surface area contributed by atoms with Gasteiger partial charge in [0.25, 0.3) is 0 Å². The smallest absolute Gasteiger partial charge is 0.335 e. The minimum atomic E-state index is -1.03. The number of halogens is 1. The van der Waals surface area contributed by atoms with E-state index in [0.29, 0.717) is 12.0 Å². The van der Waals surface area contributed by atoms with Crippen LogP contribution in [-0.2, 0) is 12.3 Å². The lowest BCUT2D eigenvalue weighted by atomic mass is 9.97. The number of carbonyl (C=O) groups is 1. The molecule has 3 nitrogen and oxygen atoms in total. The van der Waals surface area contributed by atoms with Crippen LogP contribution in [0.4, 0.5) is 0 Å². The summed E-state index contributed by atoms with van der Waals surface area (Å²) in [5.74, 6) is -0.797. The van der Waals surface area contributed by atoms with Crippen LogP contribution in [0, 0.1) is 11.3 Å². The van der Waals surface area contributed by atoms with E-state index >= 15 is 0 Å². The first-order chi connectivity index (χ1) is 7.13. The number of nitriles is 1. The van der Waals surface area contributed by atoms with Gasteiger partial charge in [-0.25, -0.2) is 4.79 Å². The fourth-order valence-corrected chi connectivity index (χ4v) is 1.74.